The molecule has 1 aliphatic heterocycles. The predicted octanol–water partition coefficient (Wildman–Crippen LogP) is 3.87. The maximum Gasteiger partial charge on any atom is 0.410 e. The highest BCUT2D eigenvalue weighted by molar-refractivity contribution is 9.10. The first-order chi connectivity index (χ1) is 9.24. The summed E-state index contributed by atoms with van der Waals surface area (Å²) in [5.74, 6) is 0. The van der Waals surface area contributed by atoms with Gasteiger partial charge in [0, 0.05) is 35.0 Å². The van der Waals surface area contributed by atoms with E-state index in [2.05, 4.69) is 21.2 Å². The zero-order chi connectivity index (χ0) is 14.9. The number of thiophene rings is 1. The van der Waals surface area contributed by atoms with Gasteiger partial charge in [-0.25, -0.2) is 4.79 Å². The Morgan fingerprint density at radius 2 is 2.25 bits per heavy atom. The van der Waals surface area contributed by atoms with Gasteiger partial charge in [0.05, 0.1) is 0 Å². The largest absolute Gasteiger partial charge is 0.444 e. The molecule has 0 aliphatic carbocycles. The van der Waals surface area contributed by atoms with Gasteiger partial charge < -0.3 is 15.0 Å². The fraction of sp³-hybridized carbons (Fsp3) is 0.615. The summed E-state index contributed by atoms with van der Waals surface area (Å²) in [6, 6.07) is 2.34. The van der Waals surface area contributed by atoms with Crippen LogP contribution >= 0.6 is 38.9 Å². The smallest absolute Gasteiger partial charge is 0.410 e. The number of likely N-dealkylation sites (tertiary alicyclic amines) is 1. The average Bonchev–Trinajstić information content (AvgIpc) is 2.53. The van der Waals surface area contributed by atoms with Gasteiger partial charge in [0.25, 0.3) is 0 Å². The molecule has 112 valence electrons. The number of nitrogens with one attached hydrogen (secondary N) is 1. The lowest BCUT2D eigenvalue weighted by molar-refractivity contribution is 0.00521. The van der Waals surface area contributed by atoms with Gasteiger partial charge in [-0.1, -0.05) is 11.6 Å². The van der Waals surface area contributed by atoms with E-state index in [-0.39, 0.29) is 6.09 Å². The first kappa shape index (κ1) is 16.1. The summed E-state index contributed by atoms with van der Waals surface area (Å²) in [4.78, 5) is 14.6. The molecule has 0 radical (unpaired) electrons. The summed E-state index contributed by atoms with van der Waals surface area (Å²) in [6.45, 7) is 7.77. The number of rotatable bonds is 3. The van der Waals surface area contributed by atoms with Crippen LogP contribution in [0.15, 0.2) is 10.5 Å². The lowest BCUT2D eigenvalue weighted by Crippen LogP contribution is -2.60. The minimum Gasteiger partial charge on any atom is -0.444 e. The molecule has 7 heteroatoms. The highest BCUT2D eigenvalue weighted by Gasteiger charge is 2.33. The Morgan fingerprint density at radius 3 is 2.75 bits per heavy atom. The first-order valence-electron chi connectivity index (χ1n) is 6.39. The number of carbonyl (C=O) groups is 1. The van der Waals surface area contributed by atoms with Gasteiger partial charge in [-0.15, -0.1) is 11.3 Å². The van der Waals surface area contributed by atoms with Gasteiger partial charge in [-0.05, 0) is 42.8 Å². The quantitative estimate of drug-likeness (QED) is 0.864. The third-order valence-corrected chi connectivity index (χ3v) is 5.27. The van der Waals surface area contributed by atoms with Crippen LogP contribution in [-0.2, 0) is 11.3 Å². The second kappa shape index (κ2) is 6.22. The van der Waals surface area contributed by atoms with Crippen molar-refractivity contribution in [1.82, 2.24) is 10.2 Å². The molecule has 4 nitrogen and oxygen atoms in total. The predicted molar refractivity (Wildman–Crippen MR) is 85.5 cm³/mol. The molecule has 0 saturated carbocycles. The Hall–Kier alpha value is -0.300. The second-order valence-electron chi connectivity index (χ2n) is 5.80. The monoisotopic (exact) mass is 380 g/mol. The van der Waals surface area contributed by atoms with Gasteiger partial charge in [-0.2, -0.15) is 0 Å². The van der Waals surface area contributed by atoms with Crippen molar-refractivity contribution in [3.05, 3.63) is 19.8 Å². The van der Waals surface area contributed by atoms with E-state index < -0.39 is 5.60 Å². The minimum atomic E-state index is -0.435. The van der Waals surface area contributed by atoms with Crippen molar-refractivity contribution in [2.45, 2.75) is 39.0 Å². The summed E-state index contributed by atoms with van der Waals surface area (Å²) in [7, 11) is 0. The van der Waals surface area contributed by atoms with E-state index in [1.165, 1.54) is 4.88 Å². The minimum absolute atomic E-state index is 0.238. The zero-order valence-electron chi connectivity index (χ0n) is 11.7. The molecule has 0 spiro atoms. The molecular formula is C13H18BrClN2O2S. The molecule has 1 aromatic heterocycles. The van der Waals surface area contributed by atoms with Crippen molar-refractivity contribution < 1.29 is 9.53 Å². The van der Waals surface area contributed by atoms with Gasteiger partial charge in [0.2, 0.25) is 0 Å². The molecule has 0 aromatic carbocycles. The standard InChI is InChI=1S/C13H18BrClN2O2S/c1-13(2,3)19-12(18)17-6-8(7-17)16-5-9-4-10(14)11(15)20-9/h4,8,16H,5-7H2,1-3H3. The first-order valence-corrected chi connectivity index (χ1v) is 8.38. The highest BCUT2D eigenvalue weighted by Crippen LogP contribution is 2.32. The van der Waals surface area contributed by atoms with E-state index in [9.17, 15) is 4.79 Å². The molecule has 1 amide bonds. The molecule has 0 unspecified atom stereocenters. The van der Waals surface area contributed by atoms with Crippen molar-refractivity contribution in [1.29, 1.82) is 0 Å². The van der Waals surface area contributed by atoms with Crippen LogP contribution in [0.4, 0.5) is 4.79 Å². The SMILES string of the molecule is CC(C)(C)OC(=O)N1CC(NCc2cc(Br)c(Cl)s2)C1. The van der Waals surface area contributed by atoms with Gasteiger partial charge in [-0.3, -0.25) is 0 Å². The molecule has 20 heavy (non-hydrogen) atoms. The Bertz CT molecular complexity index is 476. The van der Waals surface area contributed by atoms with Crippen LogP contribution in [0.2, 0.25) is 4.34 Å². The lowest BCUT2D eigenvalue weighted by atomic mass is 10.1. The molecule has 1 aliphatic rings. The Balaban J connectivity index is 1.70. The molecule has 2 heterocycles. The van der Waals surface area contributed by atoms with Crippen LogP contribution in [0, 0.1) is 0 Å². The number of hydrogen-bond donors (Lipinski definition) is 1. The van der Waals surface area contributed by atoms with E-state index in [1.54, 1.807) is 16.2 Å². The number of amides is 1. The third kappa shape index (κ3) is 4.35. The summed E-state index contributed by atoms with van der Waals surface area (Å²) in [6.07, 6.45) is -0.238. The molecule has 2 rings (SSSR count). The molecule has 1 N–H and O–H groups in total. The van der Waals surface area contributed by atoms with Crippen molar-refractivity contribution >= 4 is 45.0 Å². The van der Waals surface area contributed by atoms with Crippen molar-refractivity contribution in [2.24, 2.45) is 0 Å². The fourth-order valence-corrected chi connectivity index (χ4v) is 3.55. The van der Waals surface area contributed by atoms with E-state index in [4.69, 9.17) is 16.3 Å². The van der Waals surface area contributed by atoms with Gasteiger partial charge in [0.15, 0.2) is 0 Å². The number of carbonyl (C=O) groups excluding carboxylic acids is 1. The summed E-state index contributed by atoms with van der Waals surface area (Å²) < 4.78 is 7.01. The van der Waals surface area contributed by atoms with E-state index in [1.807, 2.05) is 26.8 Å². The Kier molecular flexibility index (Phi) is 5.00. The molecule has 1 saturated heterocycles. The van der Waals surface area contributed by atoms with Crippen LogP contribution in [-0.4, -0.2) is 35.7 Å². The maximum atomic E-state index is 11.8. The topological polar surface area (TPSA) is 41.6 Å². The number of nitrogens with zero attached hydrogens (tertiary/aromatic N) is 1. The van der Waals surface area contributed by atoms with Crippen LogP contribution < -0.4 is 5.32 Å². The zero-order valence-corrected chi connectivity index (χ0v) is 14.9. The third-order valence-electron chi connectivity index (χ3n) is 2.79. The molecule has 1 fully saturated rings. The Morgan fingerprint density at radius 1 is 1.60 bits per heavy atom. The summed E-state index contributed by atoms with van der Waals surface area (Å²) in [5.41, 5.74) is -0.435. The van der Waals surface area contributed by atoms with Gasteiger partial charge in [0.1, 0.15) is 9.94 Å². The van der Waals surface area contributed by atoms with Crippen LogP contribution in [0.1, 0.15) is 25.6 Å². The fourth-order valence-electron chi connectivity index (χ4n) is 1.81. The molecule has 0 bridgehead atoms. The van der Waals surface area contributed by atoms with Gasteiger partial charge >= 0.3 is 6.09 Å². The maximum absolute atomic E-state index is 11.8. The van der Waals surface area contributed by atoms with Crippen molar-refractivity contribution in [2.75, 3.05) is 13.1 Å². The van der Waals surface area contributed by atoms with Crippen molar-refractivity contribution in [3.63, 3.8) is 0 Å². The van der Waals surface area contributed by atoms with E-state index in [0.29, 0.717) is 19.1 Å². The molecule has 1 aromatic rings. The lowest BCUT2D eigenvalue weighted by Gasteiger charge is -2.40. The normalized spacial score (nSPS) is 16.1. The van der Waals surface area contributed by atoms with Crippen molar-refractivity contribution in [3.8, 4) is 0 Å². The Labute approximate surface area is 136 Å². The number of hydrogen-bond acceptors (Lipinski definition) is 4. The van der Waals surface area contributed by atoms with Crippen LogP contribution in [0.5, 0.6) is 0 Å². The summed E-state index contributed by atoms with van der Waals surface area (Å²) in [5, 5.41) is 3.41. The van der Waals surface area contributed by atoms with E-state index >= 15 is 0 Å². The average molecular weight is 382 g/mol. The van der Waals surface area contributed by atoms with E-state index in [0.717, 1.165) is 15.4 Å². The number of halogens is 2. The highest BCUT2D eigenvalue weighted by atomic mass is 79.9. The summed E-state index contributed by atoms with van der Waals surface area (Å²) >= 11 is 10.9. The van der Waals surface area contributed by atoms with Crippen LogP contribution in [0.25, 0.3) is 0 Å². The number of ether oxygens (including phenoxy) is 1. The second-order valence-corrected chi connectivity index (χ2v) is 8.39. The van der Waals surface area contributed by atoms with Crippen LogP contribution in [0.3, 0.4) is 0 Å². The molecule has 0 atom stereocenters. The molecular weight excluding hydrogens is 364 g/mol.